The Labute approximate surface area is 139 Å². The van der Waals surface area contributed by atoms with Gasteiger partial charge < -0.3 is 10.8 Å². The molecule has 0 aliphatic heterocycles. The van der Waals surface area contributed by atoms with E-state index in [1.807, 2.05) is 6.92 Å². The van der Waals surface area contributed by atoms with E-state index in [9.17, 15) is 13.5 Å². The summed E-state index contributed by atoms with van der Waals surface area (Å²) < 4.78 is 28.4. The van der Waals surface area contributed by atoms with E-state index in [2.05, 4.69) is 36.6 Å². The highest BCUT2D eigenvalue weighted by molar-refractivity contribution is 9.11. The molecule has 2 rings (SSSR count). The molecule has 0 saturated carbocycles. The molecular formula is C13H12Br2N2O3S. The summed E-state index contributed by atoms with van der Waals surface area (Å²) >= 11 is 6.56. The minimum absolute atomic E-state index is 0.0327. The molecule has 8 heteroatoms. The van der Waals surface area contributed by atoms with Crippen LogP contribution in [0.5, 0.6) is 5.75 Å². The van der Waals surface area contributed by atoms with Crippen molar-refractivity contribution in [3.63, 3.8) is 0 Å². The Bertz CT molecular complexity index is 807. The van der Waals surface area contributed by atoms with Crippen molar-refractivity contribution in [3.8, 4) is 5.75 Å². The predicted molar refractivity (Wildman–Crippen MR) is 89.9 cm³/mol. The standard InChI is InChI=1S/C13H12Br2N2O3S/c1-7-4-10(15)13(6-9(7)14)21(19,20)17-12-3-2-8(18)5-11(12)16/h2-6,17-18H,16H2,1H3. The number of rotatable bonds is 3. The van der Waals surface area contributed by atoms with Crippen LogP contribution in [0.25, 0.3) is 0 Å². The molecule has 112 valence electrons. The lowest BCUT2D eigenvalue weighted by Crippen LogP contribution is -2.15. The van der Waals surface area contributed by atoms with Crippen molar-refractivity contribution in [2.45, 2.75) is 11.8 Å². The molecule has 21 heavy (non-hydrogen) atoms. The molecule has 0 aliphatic rings. The number of nitrogens with one attached hydrogen (secondary N) is 1. The molecule has 0 heterocycles. The Balaban J connectivity index is 2.46. The molecule has 0 unspecified atom stereocenters. The summed E-state index contributed by atoms with van der Waals surface area (Å²) in [6.07, 6.45) is 0. The Morgan fingerprint density at radius 2 is 1.81 bits per heavy atom. The van der Waals surface area contributed by atoms with Crippen molar-refractivity contribution in [1.82, 2.24) is 0 Å². The van der Waals surface area contributed by atoms with Crippen LogP contribution in [0.4, 0.5) is 11.4 Å². The van der Waals surface area contributed by atoms with E-state index in [1.165, 1.54) is 24.3 Å². The van der Waals surface area contributed by atoms with Gasteiger partial charge in [0.05, 0.1) is 11.4 Å². The Morgan fingerprint density at radius 3 is 2.43 bits per heavy atom. The molecule has 4 N–H and O–H groups in total. The maximum atomic E-state index is 12.4. The molecule has 2 aromatic carbocycles. The number of sulfonamides is 1. The first kappa shape index (κ1) is 16.1. The van der Waals surface area contributed by atoms with Gasteiger partial charge in [-0.1, -0.05) is 15.9 Å². The average Bonchev–Trinajstić information content (AvgIpc) is 2.37. The fraction of sp³-hybridized carbons (Fsp3) is 0.0769. The van der Waals surface area contributed by atoms with Gasteiger partial charge in [0, 0.05) is 15.0 Å². The number of aromatic hydroxyl groups is 1. The van der Waals surface area contributed by atoms with Gasteiger partial charge in [0.25, 0.3) is 10.0 Å². The summed E-state index contributed by atoms with van der Waals surface area (Å²) in [6.45, 7) is 1.86. The van der Waals surface area contributed by atoms with Crippen LogP contribution in [0.1, 0.15) is 5.56 Å². The third-order valence-corrected chi connectivity index (χ3v) is 5.96. The van der Waals surface area contributed by atoms with Crippen molar-refractivity contribution in [2.75, 3.05) is 10.5 Å². The zero-order chi connectivity index (χ0) is 15.8. The van der Waals surface area contributed by atoms with Crippen molar-refractivity contribution in [2.24, 2.45) is 0 Å². The van der Waals surface area contributed by atoms with Crippen LogP contribution in [0.3, 0.4) is 0 Å². The minimum atomic E-state index is -3.81. The third-order valence-electron chi connectivity index (χ3n) is 2.78. The van der Waals surface area contributed by atoms with E-state index >= 15 is 0 Å². The van der Waals surface area contributed by atoms with Gasteiger partial charge in [-0.25, -0.2) is 8.42 Å². The van der Waals surface area contributed by atoms with Gasteiger partial charge in [-0.15, -0.1) is 0 Å². The fourth-order valence-corrected chi connectivity index (χ4v) is 4.44. The normalized spacial score (nSPS) is 11.4. The zero-order valence-corrected chi connectivity index (χ0v) is 14.9. The second-order valence-electron chi connectivity index (χ2n) is 4.41. The summed E-state index contributed by atoms with van der Waals surface area (Å²) in [4.78, 5) is 0.0902. The van der Waals surface area contributed by atoms with Gasteiger partial charge in [0.15, 0.2) is 0 Å². The summed E-state index contributed by atoms with van der Waals surface area (Å²) in [5.74, 6) is -0.0327. The average molecular weight is 436 g/mol. The van der Waals surface area contributed by atoms with Crippen LogP contribution in [0.15, 0.2) is 44.2 Å². The second kappa shape index (κ2) is 5.86. The number of nitrogen functional groups attached to an aromatic ring is 1. The van der Waals surface area contributed by atoms with Crippen LogP contribution < -0.4 is 10.5 Å². The maximum absolute atomic E-state index is 12.4. The van der Waals surface area contributed by atoms with Gasteiger partial charge in [-0.2, -0.15) is 0 Å². The highest BCUT2D eigenvalue weighted by atomic mass is 79.9. The molecule has 0 fully saturated rings. The smallest absolute Gasteiger partial charge is 0.263 e. The molecule has 0 spiro atoms. The summed E-state index contributed by atoms with van der Waals surface area (Å²) in [5, 5.41) is 9.29. The lowest BCUT2D eigenvalue weighted by molar-refractivity contribution is 0.475. The number of aryl methyl sites for hydroxylation is 1. The molecule has 0 saturated heterocycles. The van der Waals surface area contributed by atoms with E-state index in [-0.39, 0.29) is 22.0 Å². The first-order chi connectivity index (χ1) is 9.70. The number of phenolic OH excluding ortho intramolecular Hbond substituents is 1. The Hall–Kier alpha value is -1.25. The highest BCUT2D eigenvalue weighted by Crippen LogP contribution is 2.31. The van der Waals surface area contributed by atoms with Crippen LogP contribution in [-0.4, -0.2) is 13.5 Å². The molecule has 0 radical (unpaired) electrons. The van der Waals surface area contributed by atoms with Crippen LogP contribution in [0.2, 0.25) is 0 Å². The van der Waals surface area contributed by atoms with E-state index < -0.39 is 10.0 Å². The molecule has 0 amide bonds. The molecular weight excluding hydrogens is 424 g/mol. The van der Waals surface area contributed by atoms with Gasteiger partial charge >= 0.3 is 0 Å². The van der Waals surface area contributed by atoms with E-state index in [0.717, 1.165) is 5.56 Å². The quantitative estimate of drug-likeness (QED) is 0.507. The molecule has 2 aromatic rings. The van der Waals surface area contributed by atoms with Crippen LogP contribution in [-0.2, 0) is 10.0 Å². The van der Waals surface area contributed by atoms with E-state index in [4.69, 9.17) is 5.73 Å². The number of nitrogens with two attached hydrogens (primary N) is 1. The van der Waals surface area contributed by atoms with Gasteiger partial charge in [-0.05, 0) is 52.7 Å². The Morgan fingerprint density at radius 1 is 1.14 bits per heavy atom. The summed E-state index contributed by atoms with van der Waals surface area (Å²) in [5.41, 5.74) is 6.94. The van der Waals surface area contributed by atoms with E-state index in [0.29, 0.717) is 8.95 Å². The fourth-order valence-electron chi connectivity index (χ4n) is 1.68. The second-order valence-corrected chi connectivity index (χ2v) is 7.77. The highest BCUT2D eigenvalue weighted by Gasteiger charge is 2.20. The molecule has 5 nitrogen and oxygen atoms in total. The minimum Gasteiger partial charge on any atom is -0.508 e. The van der Waals surface area contributed by atoms with Crippen molar-refractivity contribution in [3.05, 3.63) is 44.8 Å². The number of hydrogen-bond donors (Lipinski definition) is 3. The van der Waals surface area contributed by atoms with Crippen LogP contribution >= 0.6 is 31.9 Å². The van der Waals surface area contributed by atoms with Crippen molar-refractivity contribution in [1.29, 1.82) is 0 Å². The van der Waals surface area contributed by atoms with Crippen LogP contribution in [0, 0.1) is 6.92 Å². The number of benzene rings is 2. The predicted octanol–water partition coefficient (Wildman–Crippen LogP) is 3.61. The zero-order valence-electron chi connectivity index (χ0n) is 10.9. The topological polar surface area (TPSA) is 92.4 Å². The van der Waals surface area contributed by atoms with Crippen molar-refractivity contribution < 1.29 is 13.5 Å². The molecule has 0 aliphatic carbocycles. The van der Waals surface area contributed by atoms with Gasteiger partial charge in [0.2, 0.25) is 0 Å². The SMILES string of the molecule is Cc1cc(Br)c(S(=O)(=O)Nc2ccc(O)cc2N)cc1Br. The van der Waals surface area contributed by atoms with Crippen molar-refractivity contribution >= 4 is 53.3 Å². The molecule has 0 bridgehead atoms. The molecule has 0 aromatic heterocycles. The molecule has 0 atom stereocenters. The first-order valence-electron chi connectivity index (χ1n) is 5.77. The summed E-state index contributed by atoms with van der Waals surface area (Å²) in [6, 6.07) is 7.25. The van der Waals surface area contributed by atoms with E-state index in [1.54, 1.807) is 6.07 Å². The number of halogens is 2. The number of hydrogen-bond acceptors (Lipinski definition) is 4. The maximum Gasteiger partial charge on any atom is 0.263 e. The van der Waals surface area contributed by atoms with Gasteiger partial charge in [0.1, 0.15) is 10.6 Å². The lowest BCUT2D eigenvalue weighted by Gasteiger charge is -2.13. The monoisotopic (exact) mass is 434 g/mol. The number of phenols is 1. The Kier molecular flexibility index (Phi) is 4.50. The summed E-state index contributed by atoms with van der Waals surface area (Å²) in [7, 11) is -3.81. The van der Waals surface area contributed by atoms with Gasteiger partial charge in [-0.3, -0.25) is 4.72 Å². The largest absolute Gasteiger partial charge is 0.508 e. The third kappa shape index (κ3) is 3.50. The number of anilines is 2. The first-order valence-corrected chi connectivity index (χ1v) is 8.84. The lowest BCUT2D eigenvalue weighted by atomic mass is 10.2.